The minimum atomic E-state index is -0.120. The van der Waals surface area contributed by atoms with E-state index in [4.69, 9.17) is 0 Å². The van der Waals surface area contributed by atoms with E-state index < -0.39 is 0 Å². The maximum absolute atomic E-state index is 13.9. The molecule has 0 fully saturated rings. The summed E-state index contributed by atoms with van der Waals surface area (Å²) in [5.74, 6) is -0.173. The van der Waals surface area contributed by atoms with Crippen molar-refractivity contribution in [2.45, 2.75) is 45.2 Å². The van der Waals surface area contributed by atoms with Crippen LogP contribution < -0.4 is 5.32 Å². The number of nitrogens with zero attached hydrogens (tertiary/aromatic N) is 2. The molecule has 1 aromatic heterocycles. The molecule has 1 N–H and O–H groups in total. The van der Waals surface area contributed by atoms with Gasteiger partial charge in [-0.2, -0.15) is 0 Å². The van der Waals surface area contributed by atoms with E-state index in [0.29, 0.717) is 24.2 Å². The number of aryl methyl sites for hydroxylation is 1. The van der Waals surface area contributed by atoms with Gasteiger partial charge in [-0.05, 0) is 71.7 Å². The van der Waals surface area contributed by atoms with Crippen LogP contribution in [0.3, 0.4) is 0 Å². The molecule has 5 rings (SSSR count). The Balaban J connectivity index is 1.45. The van der Waals surface area contributed by atoms with Crippen molar-refractivity contribution in [2.24, 2.45) is 0 Å². The number of amides is 2. The largest absolute Gasteiger partial charge is 0.345 e. The second-order valence-electron chi connectivity index (χ2n) is 9.80. The molecule has 0 radical (unpaired) electrons. The summed E-state index contributed by atoms with van der Waals surface area (Å²) < 4.78 is 0. The van der Waals surface area contributed by atoms with E-state index >= 15 is 0 Å². The minimum absolute atomic E-state index is 0.0168. The molecule has 0 saturated heterocycles. The molecule has 192 valence electrons. The highest BCUT2D eigenvalue weighted by Crippen LogP contribution is 2.32. The molecule has 1 aliphatic carbocycles. The average Bonchev–Trinajstić information content (AvgIpc) is 2.97. The number of carbonyl (C=O) groups is 2. The highest BCUT2D eigenvalue weighted by Gasteiger charge is 2.25. The molecule has 1 aliphatic rings. The third-order valence-corrected chi connectivity index (χ3v) is 7.17. The second kappa shape index (κ2) is 11.9. The van der Waals surface area contributed by atoms with Crippen LogP contribution in [-0.2, 0) is 13.0 Å². The van der Waals surface area contributed by atoms with Gasteiger partial charge in [-0.25, -0.2) is 0 Å². The Bertz CT molecular complexity index is 1420. The average molecular weight is 504 g/mol. The number of benzene rings is 3. The van der Waals surface area contributed by atoms with Gasteiger partial charge in [0.15, 0.2) is 0 Å². The van der Waals surface area contributed by atoms with Crippen molar-refractivity contribution in [1.29, 1.82) is 0 Å². The van der Waals surface area contributed by atoms with Gasteiger partial charge in [0.1, 0.15) is 0 Å². The SMILES string of the molecule is CCCN(Cc1cccnc1)C(=O)c1ccccc1-c1ccccc1C(=O)NC1CCCc2ccccc21. The molecule has 3 aromatic carbocycles. The Morgan fingerprint density at radius 1 is 0.895 bits per heavy atom. The Kier molecular flexibility index (Phi) is 7.93. The van der Waals surface area contributed by atoms with Crippen LogP contribution in [0.1, 0.15) is 69.6 Å². The zero-order valence-electron chi connectivity index (χ0n) is 21.8. The lowest BCUT2D eigenvalue weighted by atomic mass is 9.87. The summed E-state index contributed by atoms with van der Waals surface area (Å²) in [6.45, 7) is 3.18. The van der Waals surface area contributed by atoms with Crippen molar-refractivity contribution >= 4 is 11.8 Å². The molecule has 1 atom stereocenters. The first-order valence-corrected chi connectivity index (χ1v) is 13.4. The van der Waals surface area contributed by atoms with Crippen LogP contribution in [0.4, 0.5) is 0 Å². The van der Waals surface area contributed by atoms with Gasteiger partial charge in [0.25, 0.3) is 11.8 Å². The monoisotopic (exact) mass is 503 g/mol. The number of rotatable bonds is 8. The molecule has 5 heteroatoms. The summed E-state index contributed by atoms with van der Waals surface area (Å²) >= 11 is 0. The number of fused-ring (bicyclic) bond motifs is 1. The maximum atomic E-state index is 13.9. The summed E-state index contributed by atoms with van der Waals surface area (Å²) in [5, 5.41) is 3.28. The fourth-order valence-corrected chi connectivity index (χ4v) is 5.37. The van der Waals surface area contributed by atoms with Crippen molar-refractivity contribution in [3.05, 3.63) is 125 Å². The van der Waals surface area contributed by atoms with Crippen LogP contribution in [0, 0.1) is 0 Å². The van der Waals surface area contributed by atoms with Gasteiger partial charge in [0.2, 0.25) is 0 Å². The molecule has 0 saturated carbocycles. The lowest BCUT2D eigenvalue weighted by molar-refractivity contribution is 0.0743. The zero-order chi connectivity index (χ0) is 26.3. The summed E-state index contributed by atoms with van der Waals surface area (Å²) in [5.41, 5.74) is 6.18. The third kappa shape index (κ3) is 5.52. The predicted molar refractivity (Wildman–Crippen MR) is 151 cm³/mol. The van der Waals surface area contributed by atoms with Crippen LogP contribution in [0.2, 0.25) is 0 Å². The van der Waals surface area contributed by atoms with Crippen LogP contribution >= 0.6 is 0 Å². The van der Waals surface area contributed by atoms with E-state index in [1.807, 2.05) is 71.6 Å². The van der Waals surface area contributed by atoms with E-state index in [1.54, 1.807) is 12.4 Å². The van der Waals surface area contributed by atoms with E-state index in [0.717, 1.165) is 42.4 Å². The van der Waals surface area contributed by atoms with Gasteiger partial charge in [-0.15, -0.1) is 0 Å². The lowest BCUT2D eigenvalue weighted by Gasteiger charge is -2.27. The first-order chi connectivity index (χ1) is 18.7. The first kappa shape index (κ1) is 25.4. The topological polar surface area (TPSA) is 62.3 Å². The molecular weight excluding hydrogens is 470 g/mol. The number of pyridine rings is 1. The number of hydrogen-bond donors (Lipinski definition) is 1. The highest BCUT2D eigenvalue weighted by molar-refractivity contribution is 6.06. The molecule has 38 heavy (non-hydrogen) atoms. The molecule has 0 spiro atoms. The summed E-state index contributed by atoms with van der Waals surface area (Å²) in [4.78, 5) is 33.6. The van der Waals surface area contributed by atoms with Gasteiger partial charge in [0, 0.05) is 36.6 Å². The lowest BCUT2D eigenvalue weighted by Crippen LogP contribution is -2.32. The fourth-order valence-electron chi connectivity index (χ4n) is 5.37. The summed E-state index contributed by atoms with van der Waals surface area (Å²) in [7, 11) is 0. The second-order valence-corrected chi connectivity index (χ2v) is 9.80. The van der Waals surface area contributed by atoms with Crippen molar-refractivity contribution in [1.82, 2.24) is 15.2 Å². The van der Waals surface area contributed by atoms with Crippen LogP contribution in [0.25, 0.3) is 11.1 Å². The Labute approximate surface area is 224 Å². The van der Waals surface area contributed by atoms with Gasteiger partial charge >= 0.3 is 0 Å². The smallest absolute Gasteiger partial charge is 0.254 e. The van der Waals surface area contributed by atoms with Crippen LogP contribution in [0.15, 0.2) is 97.3 Å². The number of hydrogen-bond acceptors (Lipinski definition) is 3. The Morgan fingerprint density at radius 2 is 1.61 bits per heavy atom. The molecule has 2 amide bonds. The first-order valence-electron chi connectivity index (χ1n) is 13.4. The van der Waals surface area contributed by atoms with Crippen molar-refractivity contribution in [3.8, 4) is 11.1 Å². The predicted octanol–water partition coefficient (Wildman–Crippen LogP) is 6.61. The Hall–Kier alpha value is -4.25. The molecule has 0 aliphatic heterocycles. The molecule has 0 bridgehead atoms. The van der Waals surface area contributed by atoms with Crippen molar-refractivity contribution in [2.75, 3.05) is 6.54 Å². The minimum Gasteiger partial charge on any atom is -0.345 e. The normalized spacial score (nSPS) is 14.4. The van der Waals surface area contributed by atoms with Gasteiger partial charge in [-0.1, -0.05) is 73.7 Å². The molecule has 4 aromatic rings. The van der Waals surface area contributed by atoms with Crippen LogP contribution in [0.5, 0.6) is 0 Å². The van der Waals surface area contributed by atoms with E-state index in [2.05, 4.69) is 35.4 Å². The van der Waals surface area contributed by atoms with E-state index in [-0.39, 0.29) is 17.9 Å². The van der Waals surface area contributed by atoms with Crippen molar-refractivity contribution in [3.63, 3.8) is 0 Å². The third-order valence-electron chi connectivity index (χ3n) is 7.17. The van der Waals surface area contributed by atoms with E-state index in [9.17, 15) is 9.59 Å². The Morgan fingerprint density at radius 3 is 2.37 bits per heavy atom. The number of nitrogens with one attached hydrogen (secondary N) is 1. The highest BCUT2D eigenvalue weighted by atomic mass is 16.2. The zero-order valence-corrected chi connectivity index (χ0v) is 21.8. The quantitative estimate of drug-likeness (QED) is 0.294. The molecule has 1 heterocycles. The van der Waals surface area contributed by atoms with Gasteiger partial charge in [-0.3, -0.25) is 14.6 Å². The molecule has 1 unspecified atom stereocenters. The molecular formula is C33H33N3O2. The summed E-state index contributed by atoms with van der Waals surface area (Å²) in [6, 6.07) is 27.4. The van der Waals surface area contributed by atoms with Crippen molar-refractivity contribution < 1.29 is 9.59 Å². The molecule has 5 nitrogen and oxygen atoms in total. The number of aromatic nitrogens is 1. The van der Waals surface area contributed by atoms with E-state index in [1.165, 1.54) is 11.1 Å². The van der Waals surface area contributed by atoms with Crippen LogP contribution in [-0.4, -0.2) is 28.2 Å². The summed E-state index contributed by atoms with van der Waals surface area (Å²) in [6.07, 6.45) is 7.38. The number of carbonyl (C=O) groups excluding carboxylic acids is 2. The maximum Gasteiger partial charge on any atom is 0.254 e. The van der Waals surface area contributed by atoms with Gasteiger partial charge < -0.3 is 10.2 Å². The van der Waals surface area contributed by atoms with Gasteiger partial charge in [0.05, 0.1) is 6.04 Å². The standard InChI is InChI=1S/C33H33N3O2/c1-2-21-36(23-24-11-10-20-34-22-24)33(38)30-18-8-6-16-28(30)27-15-5-7-17-29(27)32(37)35-31-19-9-13-25-12-3-4-14-26(25)31/h3-8,10-12,14-18,20,22,31H,2,9,13,19,21,23H2,1H3,(H,35,37). The fraction of sp³-hybridized carbons (Fsp3) is 0.242.